The fourth-order valence-corrected chi connectivity index (χ4v) is 0.925. The number of hydrogen-bond acceptors (Lipinski definition) is 3. The third kappa shape index (κ3) is 1.34. The molecule has 12 heavy (non-hydrogen) atoms. The summed E-state index contributed by atoms with van der Waals surface area (Å²) in [5.74, 6) is 0.273. The molecule has 0 aliphatic carbocycles. The van der Waals surface area contributed by atoms with E-state index in [2.05, 4.69) is 6.58 Å². The number of aromatic hydroxyl groups is 2. The van der Waals surface area contributed by atoms with Crippen molar-refractivity contribution in [2.45, 2.75) is 0 Å². The molecule has 64 valence electrons. The van der Waals surface area contributed by atoms with Crippen LogP contribution in [0, 0.1) is 0 Å². The lowest BCUT2D eigenvalue weighted by molar-refractivity contribution is 0.368. The van der Waals surface area contributed by atoms with Crippen LogP contribution in [0.4, 0.5) is 0 Å². The van der Waals surface area contributed by atoms with Crippen LogP contribution in [-0.4, -0.2) is 17.3 Å². The molecule has 0 aliphatic heterocycles. The fraction of sp³-hybridized carbons (Fsp3) is 0.111. The predicted molar refractivity (Wildman–Crippen MR) is 46.4 cm³/mol. The van der Waals surface area contributed by atoms with Crippen molar-refractivity contribution in [1.82, 2.24) is 0 Å². The number of methoxy groups -OCH3 is 1. The molecule has 0 saturated carbocycles. The van der Waals surface area contributed by atoms with E-state index >= 15 is 0 Å². The van der Waals surface area contributed by atoms with E-state index in [0.29, 0.717) is 5.56 Å². The summed E-state index contributed by atoms with van der Waals surface area (Å²) in [6, 6.07) is 2.74. The van der Waals surface area contributed by atoms with Gasteiger partial charge in [0.1, 0.15) is 5.75 Å². The number of benzene rings is 1. The van der Waals surface area contributed by atoms with Crippen LogP contribution in [-0.2, 0) is 0 Å². The molecular weight excluding hydrogens is 156 g/mol. The molecular formula is C9H10O3. The summed E-state index contributed by atoms with van der Waals surface area (Å²) in [5, 5.41) is 18.5. The summed E-state index contributed by atoms with van der Waals surface area (Å²) in [6.07, 6.45) is 1.44. The number of ether oxygens (including phenoxy) is 1. The van der Waals surface area contributed by atoms with Crippen LogP contribution in [0.2, 0.25) is 0 Å². The van der Waals surface area contributed by atoms with Crippen molar-refractivity contribution < 1.29 is 14.9 Å². The van der Waals surface area contributed by atoms with Gasteiger partial charge in [-0.2, -0.15) is 0 Å². The van der Waals surface area contributed by atoms with Gasteiger partial charge in [-0.3, -0.25) is 0 Å². The van der Waals surface area contributed by atoms with E-state index < -0.39 is 0 Å². The first-order valence-electron chi connectivity index (χ1n) is 3.41. The highest BCUT2D eigenvalue weighted by Crippen LogP contribution is 2.34. The minimum Gasteiger partial charge on any atom is -0.508 e. The molecule has 2 N–H and O–H groups in total. The molecule has 1 aromatic carbocycles. The maximum absolute atomic E-state index is 9.41. The quantitative estimate of drug-likeness (QED) is 0.658. The highest BCUT2D eigenvalue weighted by atomic mass is 16.5. The summed E-state index contributed by atoms with van der Waals surface area (Å²) >= 11 is 0. The molecule has 0 aromatic heterocycles. The first-order chi connectivity index (χ1) is 5.69. The number of phenolic OH excluding ortho intramolecular Hbond substituents is 2. The normalized spacial score (nSPS) is 9.42. The zero-order chi connectivity index (χ0) is 9.14. The van der Waals surface area contributed by atoms with E-state index in [9.17, 15) is 5.11 Å². The minimum absolute atomic E-state index is 0.00898. The Bertz CT molecular complexity index is 305. The van der Waals surface area contributed by atoms with Crippen LogP contribution in [0.3, 0.4) is 0 Å². The van der Waals surface area contributed by atoms with Crippen molar-refractivity contribution in [3.05, 3.63) is 24.3 Å². The van der Waals surface area contributed by atoms with Gasteiger partial charge in [-0.15, -0.1) is 0 Å². The van der Waals surface area contributed by atoms with E-state index in [1.165, 1.54) is 25.3 Å². The molecule has 1 aromatic rings. The highest BCUT2D eigenvalue weighted by Gasteiger charge is 2.06. The van der Waals surface area contributed by atoms with Gasteiger partial charge < -0.3 is 14.9 Å². The lowest BCUT2D eigenvalue weighted by Crippen LogP contribution is -1.85. The van der Waals surface area contributed by atoms with Crippen LogP contribution in [0.1, 0.15) is 5.56 Å². The predicted octanol–water partition coefficient (Wildman–Crippen LogP) is 1.75. The molecule has 0 radical (unpaired) electrons. The molecule has 0 heterocycles. The van der Waals surface area contributed by atoms with Crippen molar-refractivity contribution >= 4 is 6.08 Å². The second kappa shape index (κ2) is 3.17. The summed E-state index contributed by atoms with van der Waals surface area (Å²) in [7, 11) is 1.42. The van der Waals surface area contributed by atoms with Gasteiger partial charge in [-0.05, 0) is 6.07 Å². The first kappa shape index (κ1) is 8.46. The standard InChI is InChI=1S/C9H10O3/c1-3-6-4-7(10)5-8(12-2)9(6)11/h3-5,10-11H,1H2,2H3. The average molecular weight is 166 g/mol. The lowest BCUT2D eigenvalue weighted by Gasteiger charge is -2.06. The molecule has 0 unspecified atom stereocenters. The molecule has 1 rings (SSSR count). The van der Waals surface area contributed by atoms with Gasteiger partial charge in [-0.25, -0.2) is 0 Å². The van der Waals surface area contributed by atoms with E-state index in [1.807, 2.05) is 0 Å². The van der Waals surface area contributed by atoms with Gasteiger partial charge in [-0.1, -0.05) is 12.7 Å². The second-order valence-electron chi connectivity index (χ2n) is 2.29. The Morgan fingerprint density at radius 2 is 2.08 bits per heavy atom. The molecule has 3 heteroatoms. The van der Waals surface area contributed by atoms with Crippen LogP contribution in [0.5, 0.6) is 17.2 Å². The van der Waals surface area contributed by atoms with E-state index in [0.717, 1.165) is 0 Å². The SMILES string of the molecule is C=Cc1cc(O)cc(OC)c1O. The van der Waals surface area contributed by atoms with Crippen LogP contribution in [0.25, 0.3) is 6.08 Å². The minimum atomic E-state index is -0.00898. The Morgan fingerprint density at radius 3 is 2.58 bits per heavy atom. The second-order valence-corrected chi connectivity index (χ2v) is 2.29. The van der Waals surface area contributed by atoms with Crippen molar-refractivity contribution in [1.29, 1.82) is 0 Å². The van der Waals surface area contributed by atoms with Crippen molar-refractivity contribution in [2.24, 2.45) is 0 Å². The molecule has 0 aliphatic rings. The van der Waals surface area contributed by atoms with Gasteiger partial charge in [0, 0.05) is 11.6 Å². The molecule has 0 spiro atoms. The lowest BCUT2D eigenvalue weighted by atomic mass is 10.2. The van der Waals surface area contributed by atoms with Crippen molar-refractivity contribution in [2.75, 3.05) is 7.11 Å². The topological polar surface area (TPSA) is 49.7 Å². The van der Waals surface area contributed by atoms with Gasteiger partial charge in [0.05, 0.1) is 7.11 Å². The summed E-state index contributed by atoms with van der Waals surface area (Å²) < 4.78 is 4.81. The van der Waals surface area contributed by atoms with E-state index in [4.69, 9.17) is 9.84 Å². The Labute approximate surface area is 70.5 Å². The number of hydrogen-bond donors (Lipinski definition) is 2. The zero-order valence-electron chi connectivity index (χ0n) is 6.74. The molecule has 0 atom stereocenters. The van der Waals surface area contributed by atoms with Gasteiger partial charge in [0.2, 0.25) is 0 Å². The third-order valence-electron chi connectivity index (χ3n) is 1.53. The average Bonchev–Trinajstić information content (AvgIpc) is 2.08. The zero-order valence-corrected chi connectivity index (χ0v) is 6.74. The van der Waals surface area contributed by atoms with Gasteiger partial charge in [0.15, 0.2) is 11.5 Å². The molecule has 0 saturated heterocycles. The number of phenols is 2. The summed E-state index contributed by atoms with van der Waals surface area (Å²) in [6.45, 7) is 3.48. The van der Waals surface area contributed by atoms with Crippen LogP contribution < -0.4 is 4.74 Å². The largest absolute Gasteiger partial charge is 0.508 e. The Morgan fingerprint density at radius 1 is 1.42 bits per heavy atom. The molecule has 0 amide bonds. The smallest absolute Gasteiger partial charge is 0.165 e. The Kier molecular flexibility index (Phi) is 2.24. The third-order valence-corrected chi connectivity index (χ3v) is 1.53. The summed E-state index contributed by atoms with van der Waals surface area (Å²) in [5.41, 5.74) is 0.451. The fourth-order valence-electron chi connectivity index (χ4n) is 0.925. The molecule has 0 bridgehead atoms. The maximum Gasteiger partial charge on any atom is 0.165 e. The number of rotatable bonds is 2. The van der Waals surface area contributed by atoms with Crippen molar-refractivity contribution in [3.8, 4) is 17.2 Å². The van der Waals surface area contributed by atoms with Crippen LogP contribution >= 0.6 is 0 Å². The Balaban J connectivity index is 3.31. The Hall–Kier alpha value is -1.64. The van der Waals surface area contributed by atoms with Crippen molar-refractivity contribution in [3.63, 3.8) is 0 Å². The van der Waals surface area contributed by atoms with E-state index in [1.54, 1.807) is 0 Å². The summed E-state index contributed by atoms with van der Waals surface area (Å²) in [4.78, 5) is 0. The molecule has 0 fully saturated rings. The van der Waals surface area contributed by atoms with Crippen LogP contribution in [0.15, 0.2) is 18.7 Å². The van der Waals surface area contributed by atoms with E-state index in [-0.39, 0.29) is 17.2 Å². The monoisotopic (exact) mass is 166 g/mol. The maximum atomic E-state index is 9.41. The first-order valence-corrected chi connectivity index (χ1v) is 3.41. The molecule has 3 nitrogen and oxygen atoms in total. The highest BCUT2D eigenvalue weighted by molar-refractivity contribution is 5.63. The van der Waals surface area contributed by atoms with Gasteiger partial charge >= 0.3 is 0 Å². The van der Waals surface area contributed by atoms with Gasteiger partial charge in [0.25, 0.3) is 0 Å².